The van der Waals surface area contributed by atoms with Gasteiger partial charge in [-0.2, -0.15) is 0 Å². The van der Waals surface area contributed by atoms with E-state index in [-0.39, 0.29) is 23.5 Å². The Morgan fingerprint density at radius 1 is 1.33 bits per heavy atom. The minimum atomic E-state index is -0.484. The van der Waals surface area contributed by atoms with Crippen LogP contribution in [0.3, 0.4) is 0 Å². The summed E-state index contributed by atoms with van der Waals surface area (Å²) in [5.41, 5.74) is 0.737. The number of nitrogens with zero attached hydrogens (tertiary/aromatic N) is 1. The Morgan fingerprint density at radius 3 is 2.56 bits per heavy atom. The zero-order chi connectivity index (χ0) is 12.3. The largest absolute Gasteiger partial charge is 0.314 e. The molecule has 1 aliphatic rings. The molecule has 0 radical (unpaired) electrons. The molecule has 0 bridgehead atoms. The molecule has 2 rings (SSSR count). The molecule has 1 aromatic carbocycles. The molecule has 1 aliphatic heterocycles. The van der Waals surface area contributed by atoms with Gasteiger partial charge in [0, 0.05) is 26.2 Å². The summed E-state index contributed by atoms with van der Waals surface area (Å²) in [6.45, 7) is 2.81. The van der Waals surface area contributed by atoms with Crippen LogP contribution in [-0.4, -0.2) is 37.8 Å². The van der Waals surface area contributed by atoms with Gasteiger partial charge in [0.1, 0.15) is 12.5 Å². The lowest BCUT2D eigenvalue weighted by Gasteiger charge is -2.33. The minimum Gasteiger partial charge on any atom is -0.314 e. The summed E-state index contributed by atoms with van der Waals surface area (Å²) in [5.74, 6) is -0.465. The van der Waals surface area contributed by atoms with Crippen LogP contribution in [0.5, 0.6) is 0 Å². The van der Waals surface area contributed by atoms with Gasteiger partial charge in [0.05, 0.1) is 11.1 Å². The molecule has 0 amide bonds. The Labute approximate surface area is 117 Å². The van der Waals surface area contributed by atoms with Gasteiger partial charge in [0.25, 0.3) is 0 Å². The van der Waals surface area contributed by atoms with Gasteiger partial charge in [-0.25, -0.2) is 8.78 Å². The van der Waals surface area contributed by atoms with E-state index in [2.05, 4.69) is 10.2 Å². The molecule has 1 saturated heterocycles. The Kier molecular flexibility index (Phi) is 6.29. The van der Waals surface area contributed by atoms with Crippen LogP contribution in [0.1, 0.15) is 11.6 Å². The summed E-state index contributed by atoms with van der Waals surface area (Å²) in [6, 6.07) is 4.09. The first-order valence-corrected chi connectivity index (χ1v) is 6.06. The van der Waals surface area contributed by atoms with E-state index in [0.29, 0.717) is 0 Å². The zero-order valence-corrected chi connectivity index (χ0v) is 11.4. The Bertz CT molecular complexity index is 384. The Morgan fingerprint density at radius 2 is 2.00 bits per heavy atom. The average molecular weight is 297 g/mol. The summed E-state index contributed by atoms with van der Waals surface area (Å²) < 4.78 is 26.2. The van der Waals surface area contributed by atoms with Crippen molar-refractivity contribution >= 4 is 24.0 Å². The van der Waals surface area contributed by atoms with Crippen LogP contribution >= 0.6 is 24.0 Å². The van der Waals surface area contributed by atoms with Gasteiger partial charge in [-0.15, -0.1) is 12.4 Å². The van der Waals surface area contributed by atoms with Gasteiger partial charge in [-0.1, -0.05) is 17.7 Å². The molecular weight excluding hydrogens is 281 g/mol. The van der Waals surface area contributed by atoms with Gasteiger partial charge in [0.15, 0.2) is 0 Å². The zero-order valence-electron chi connectivity index (χ0n) is 9.83. The SMILES string of the molecule is Cl.FC[C@H](c1ccc(F)c(Cl)c1)N1CCNCC1. The summed E-state index contributed by atoms with van der Waals surface area (Å²) in [7, 11) is 0. The van der Waals surface area contributed by atoms with E-state index in [1.807, 2.05) is 0 Å². The van der Waals surface area contributed by atoms with Crippen LogP contribution < -0.4 is 5.32 Å². The van der Waals surface area contributed by atoms with Crippen molar-refractivity contribution in [2.45, 2.75) is 6.04 Å². The third-order valence-electron chi connectivity index (χ3n) is 3.07. The second-order valence-corrected chi connectivity index (χ2v) is 4.54. The number of benzene rings is 1. The lowest BCUT2D eigenvalue weighted by atomic mass is 10.1. The Balaban J connectivity index is 0.00000162. The quantitative estimate of drug-likeness (QED) is 0.923. The van der Waals surface area contributed by atoms with Crippen molar-refractivity contribution in [2.24, 2.45) is 0 Å². The molecule has 1 N–H and O–H groups in total. The number of hydrogen-bond acceptors (Lipinski definition) is 2. The molecule has 1 atom stereocenters. The molecule has 0 aromatic heterocycles. The molecular formula is C12H16Cl2F2N2. The fourth-order valence-corrected chi connectivity index (χ4v) is 2.30. The fraction of sp³-hybridized carbons (Fsp3) is 0.500. The molecule has 102 valence electrons. The smallest absolute Gasteiger partial charge is 0.141 e. The maximum atomic E-state index is 13.2. The third kappa shape index (κ3) is 3.54. The standard InChI is InChI=1S/C12H15ClF2N2.ClH/c13-10-7-9(1-2-11(10)15)12(8-14)17-5-3-16-4-6-17;/h1-2,7,12,16H,3-6,8H2;1H/t12-;/m1./s1. The van der Waals surface area contributed by atoms with Crippen molar-refractivity contribution < 1.29 is 8.78 Å². The van der Waals surface area contributed by atoms with Crippen LogP contribution in [0.15, 0.2) is 18.2 Å². The number of piperazine rings is 1. The number of halogens is 4. The van der Waals surface area contributed by atoms with Crippen molar-refractivity contribution in [3.05, 3.63) is 34.6 Å². The highest BCUT2D eigenvalue weighted by atomic mass is 35.5. The number of hydrogen-bond donors (Lipinski definition) is 1. The third-order valence-corrected chi connectivity index (χ3v) is 3.36. The second kappa shape index (κ2) is 7.24. The van der Waals surface area contributed by atoms with E-state index in [9.17, 15) is 8.78 Å². The van der Waals surface area contributed by atoms with Crippen molar-refractivity contribution in [3.63, 3.8) is 0 Å². The number of alkyl halides is 1. The maximum Gasteiger partial charge on any atom is 0.141 e. The van der Waals surface area contributed by atoms with Gasteiger partial charge in [-0.3, -0.25) is 4.90 Å². The number of rotatable bonds is 3. The predicted molar refractivity (Wildman–Crippen MR) is 71.8 cm³/mol. The van der Waals surface area contributed by atoms with Crippen molar-refractivity contribution in [1.29, 1.82) is 0 Å². The topological polar surface area (TPSA) is 15.3 Å². The molecule has 1 heterocycles. The fourth-order valence-electron chi connectivity index (χ4n) is 2.11. The molecule has 1 fully saturated rings. The van der Waals surface area contributed by atoms with E-state index < -0.39 is 12.5 Å². The summed E-state index contributed by atoms with van der Waals surface area (Å²) in [5, 5.41) is 3.27. The summed E-state index contributed by atoms with van der Waals surface area (Å²) in [4.78, 5) is 2.06. The second-order valence-electron chi connectivity index (χ2n) is 4.13. The lowest BCUT2D eigenvalue weighted by Crippen LogP contribution is -2.45. The molecule has 1 aromatic rings. The van der Waals surface area contributed by atoms with Crippen LogP contribution in [0.2, 0.25) is 5.02 Å². The molecule has 0 saturated carbocycles. The van der Waals surface area contributed by atoms with E-state index >= 15 is 0 Å². The van der Waals surface area contributed by atoms with E-state index in [1.54, 1.807) is 6.07 Å². The highest BCUT2D eigenvalue weighted by Crippen LogP contribution is 2.25. The molecule has 0 spiro atoms. The van der Waals surface area contributed by atoms with Crippen LogP contribution in [0, 0.1) is 5.82 Å². The number of nitrogens with one attached hydrogen (secondary N) is 1. The van der Waals surface area contributed by atoms with Gasteiger partial charge < -0.3 is 5.32 Å². The van der Waals surface area contributed by atoms with Gasteiger partial charge in [-0.05, 0) is 17.7 Å². The first-order valence-electron chi connectivity index (χ1n) is 5.68. The maximum absolute atomic E-state index is 13.2. The van der Waals surface area contributed by atoms with Crippen molar-refractivity contribution in [3.8, 4) is 0 Å². The highest BCUT2D eigenvalue weighted by Gasteiger charge is 2.22. The first-order chi connectivity index (χ1) is 8.22. The van der Waals surface area contributed by atoms with Gasteiger partial charge >= 0.3 is 0 Å². The molecule has 6 heteroatoms. The van der Waals surface area contributed by atoms with Crippen molar-refractivity contribution in [1.82, 2.24) is 10.2 Å². The molecule has 18 heavy (non-hydrogen) atoms. The summed E-state index contributed by atoms with van der Waals surface area (Å²) >= 11 is 5.73. The molecule has 2 nitrogen and oxygen atoms in total. The lowest BCUT2D eigenvalue weighted by molar-refractivity contribution is 0.147. The molecule has 0 unspecified atom stereocenters. The van der Waals surface area contributed by atoms with Crippen molar-refractivity contribution in [2.75, 3.05) is 32.9 Å². The van der Waals surface area contributed by atoms with Gasteiger partial charge in [0.2, 0.25) is 0 Å². The highest BCUT2D eigenvalue weighted by molar-refractivity contribution is 6.30. The predicted octanol–water partition coefficient (Wildman–Crippen LogP) is 2.82. The molecule has 0 aliphatic carbocycles. The first kappa shape index (κ1) is 15.6. The minimum absolute atomic E-state index is 0. The monoisotopic (exact) mass is 296 g/mol. The van der Waals surface area contributed by atoms with Crippen LogP contribution in [0.4, 0.5) is 8.78 Å². The van der Waals surface area contributed by atoms with E-state index in [1.165, 1.54) is 12.1 Å². The Hall–Kier alpha value is -0.420. The normalized spacial score (nSPS) is 18.2. The average Bonchev–Trinajstić information content (AvgIpc) is 2.36. The van der Waals surface area contributed by atoms with Crippen LogP contribution in [0.25, 0.3) is 0 Å². The summed E-state index contributed by atoms with van der Waals surface area (Å²) in [6.07, 6.45) is 0. The van der Waals surface area contributed by atoms with E-state index in [0.717, 1.165) is 31.7 Å². The van der Waals surface area contributed by atoms with E-state index in [4.69, 9.17) is 11.6 Å². The van der Waals surface area contributed by atoms with Crippen LogP contribution in [-0.2, 0) is 0 Å².